The number of aromatic amines is 1. The number of carbonyl (C=O) groups excluding carboxylic acids is 1. The van der Waals surface area contributed by atoms with Crippen molar-refractivity contribution < 1.29 is 4.79 Å². The standard InChI is InChI=1S/C7H10N6O/c1-2-3-5(8)7(14)9-4-6-10-12-13-11-6/h1,5H,3-4,8H2,(H,9,14)(H,10,11,12,13)/t5-/m0/s1. The lowest BCUT2D eigenvalue weighted by Crippen LogP contribution is -2.40. The van der Waals surface area contributed by atoms with Crippen molar-refractivity contribution in [3.05, 3.63) is 5.82 Å². The highest BCUT2D eigenvalue weighted by Gasteiger charge is 2.11. The van der Waals surface area contributed by atoms with Gasteiger partial charge in [0, 0.05) is 6.42 Å². The molecule has 0 aliphatic heterocycles. The number of aromatic nitrogens is 4. The minimum Gasteiger partial charge on any atom is -0.347 e. The maximum Gasteiger partial charge on any atom is 0.238 e. The Morgan fingerprint density at radius 2 is 2.57 bits per heavy atom. The maximum absolute atomic E-state index is 11.2. The Labute approximate surface area is 80.4 Å². The number of tetrazole rings is 1. The summed E-state index contributed by atoms with van der Waals surface area (Å²) in [5, 5.41) is 15.4. The van der Waals surface area contributed by atoms with E-state index in [-0.39, 0.29) is 18.9 Å². The molecule has 0 bridgehead atoms. The molecule has 0 radical (unpaired) electrons. The van der Waals surface area contributed by atoms with E-state index in [1.807, 2.05) is 0 Å². The first kappa shape index (κ1) is 10.1. The molecule has 4 N–H and O–H groups in total. The van der Waals surface area contributed by atoms with E-state index in [2.05, 4.69) is 31.9 Å². The Morgan fingerprint density at radius 1 is 1.79 bits per heavy atom. The van der Waals surface area contributed by atoms with Crippen molar-refractivity contribution in [1.29, 1.82) is 0 Å². The highest BCUT2D eigenvalue weighted by molar-refractivity contribution is 5.81. The van der Waals surface area contributed by atoms with Gasteiger partial charge in [0.2, 0.25) is 5.91 Å². The number of nitrogens with zero attached hydrogens (tertiary/aromatic N) is 3. The minimum atomic E-state index is -0.688. The lowest BCUT2D eigenvalue weighted by atomic mass is 10.2. The van der Waals surface area contributed by atoms with Crippen molar-refractivity contribution in [1.82, 2.24) is 25.9 Å². The largest absolute Gasteiger partial charge is 0.347 e. The zero-order valence-corrected chi connectivity index (χ0v) is 7.40. The molecule has 7 heteroatoms. The number of hydrogen-bond donors (Lipinski definition) is 3. The monoisotopic (exact) mass is 194 g/mol. The Balaban J connectivity index is 2.32. The zero-order chi connectivity index (χ0) is 10.4. The first-order valence-electron chi connectivity index (χ1n) is 3.93. The SMILES string of the molecule is C#CC[C@H](N)C(=O)NCc1nn[nH]n1. The molecule has 74 valence electrons. The smallest absolute Gasteiger partial charge is 0.238 e. The van der Waals surface area contributed by atoms with Crippen LogP contribution in [0.1, 0.15) is 12.2 Å². The molecular weight excluding hydrogens is 184 g/mol. The Kier molecular flexibility index (Phi) is 3.58. The average molecular weight is 194 g/mol. The van der Waals surface area contributed by atoms with Crippen LogP contribution in [-0.4, -0.2) is 32.6 Å². The second kappa shape index (κ2) is 4.94. The van der Waals surface area contributed by atoms with E-state index in [4.69, 9.17) is 12.2 Å². The van der Waals surface area contributed by atoms with Gasteiger partial charge in [0.1, 0.15) is 0 Å². The zero-order valence-electron chi connectivity index (χ0n) is 7.40. The van der Waals surface area contributed by atoms with E-state index in [1.165, 1.54) is 0 Å². The van der Waals surface area contributed by atoms with Gasteiger partial charge in [-0.05, 0) is 0 Å². The average Bonchev–Trinajstić information content (AvgIpc) is 2.67. The van der Waals surface area contributed by atoms with Gasteiger partial charge in [-0.2, -0.15) is 5.21 Å². The van der Waals surface area contributed by atoms with Crippen LogP contribution < -0.4 is 11.1 Å². The second-order valence-corrected chi connectivity index (χ2v) is 2.56. The molecule has 1 rings (SSSR count). The summed E-state index contributed by atoms with van der Waals surface area (Å²) in [5.41, 5.74) is 5.45. The predicted octanol–water partition coefficient (Wildman–Crippen LogP) is -1.83. The summed E-state index contributed by atoms with van der Waals surface area (Å²) in [6.45, 7) is 0.188. The summed E-state index contributed by atoms with van der Waals surface area (Å²) >= 11 is 0. The molecule has 1 aromatic heterocycles. The van der Waals surface area contributed by atoms with Gasteiger partial charge in [0.15, 0.2) is 5.82 Å². The lowest BCUT2D eigenvalue weighted by Gasteiger charge is -2.07. The molecule has 0 spiro atoms. The quantitative estimate of drug-likeness (QED) is 0.488. The molecule has 14 heavy (non-hydrogen) atoms. The number of terminal acetylenes is 1. The molecule has 0 fully saturated rings. The molecule has 7 nitrogen and oxygen atoms in total. The van der Waals surface area contributed by atoms with Crippen LogP contribution in [0.2, 0.25) is 0 Å². The van der Waals surface area contributed by atoms with Crippen LogP contribution in [0.15, 0.2) is 0 Å². The summed E-state index contributed by atoms with van der Waals surface area (Å²) in [6.07, 6.45) is 5.21. The molecule has 0 saturated heterocycles. The van der Waals surface area contributed by atoms with Gasteiger partial charge in [-0.15, -0.1) is 22.5 Å². The van der Waals surface area contributed by atoms with Crippen LogP contribution in [0.5, 0.6) is 0 Å². The fourth-order valence-electron chi connectivity index (χ4n) is 0.774. The Morgan fingerprint density at radius 3 is 3.14 bits per heavy atom. The molecule has 0 unspecified atom stereocenters. The number of H-pyrrole nitrogens is 1. The molecule has 1 heterocycles. The van der Waals surface area contributed by atoms with Crippen LogP contribution >= 0.6 is 0 Å². The topological polar surface area (TPSA) is 110 Å². The molecule has 0 aliphatic carbocycles. The number of hydrogen-bond acceptors (Lipinski definition) is 5. The highest BCUT2D eigenvalue weighted by Crippen LogP contribution is 1.87. The van der Waals surface area contributed by atoms with E-state index in [9.17, 15) is 4.79 Å². The van der Waals surface area contributed by atoms with Crippen molar-refractivity contribution in [2.45, 2.75) is 19.0 Å². The van der Waals surface area contributed by atoms with Crippen molar-refractivity contribution in [2.24, 2.45) is 5.73 Å². The van der Waals surface area contributed by atoms with Crippen LogP contribution in [-0.2, 0) is 11.3 Å². The van der Waals surface area contributed by atoms with Gasteiger partial charge in [-0.25, -0.2) is 0 Å². The summed E-state index contributed by atoms with van der Waals surface area (Å²) in [7, 11) is 0. The van der Waals surface area contributed by atoms with Crippen LogP contribution in [0.25, 0.3) is 0 Å². The summed E-state index contributed by atoms with van der Waals surface area (Å²) in [4.78, 5) is 11.2. The van der Waals surface area contributed by atoms with Crippen molar-refractivity contribution >= 4 is 5.91 Å². The molecule has 1 aromatic rings. The molecule has 1 atom stereocenters. The number of nitrogens with one attached hydrogen (secondary N) is 2. The first-order valence-corrected chi connectivity index (χ1v) is 3.93. The maximum atomic E-state index is 11.2. The first-order chi connectivity index (χ1) is 6.74. The number of amides is 1. The second-order valence-electron chi connectivity index (χ2n) is 2.56. The Bertz CT molecular complexity index is 326. The summed E-state index contributed by atoms with van der Waals surface area (Å²) in [5.74, 6) is 2.37. The predicted molar refractivity (Wildman–Crippen MR) is 47.4 cm³/mol. The van der Waals surface area contributed by atoms with Crippen molar-refractivity contribution in [3.8, 4) is 12.3 Å². The summed E-state index contributed by atoms with van der Waals surface area (Å²) < 4.78 is 0. The summed E-state index contributed by atoms with van der Waals surface area (Å²) in [6, 6.07) is -0.688. The van der Waals surface area contributed by atoms with Crippen molar-refractivity contribution in [3.63, 3.8) is 0 Å². The van der Waals surface area contributed by atoms with E-state index in [0.29, 0.717) is 5.82 Å². The fourth-order valence-corrected chi connectivity index (χ4v) is 0.774. The normalized spacial score (nSPS) is 11.7. The van der Waals surface area contributed by atoms with E-state index in [0.717, 1.165) is 0 Å². The Hall–Kier alpha value is -1.94. The fraction of sp³-hybridized carbons (Fsp3) is 0.429. The van der Waals surface area contributed by atoms with Gasteiger partial charge >= 0.3 is 0 Å². The third-order valence-electron chi connectivity index (χ3n) is 1.48. The number of rotatable bonds is 4. The van der Waals surface area contributed by atoms with E-state index in [1.54, 1.807) is 0 Å². The van der Waals surface area contributed by atoms with Crippen LogP contribution in [0.4, 0.5) is 0 Å². The van der Waals surface area contributed by atoms with Gasteiger partial charge < -0.3 is 11.1 Å². The van der Waals surface area contributed by atoms with Gasteiger partial charge in [0.25, 0.3) is 0 Å². The number of carbonyl (C=O) groups is 1. The van der Waals surface area contributed by atoms with E-state index >= 15 is 0 Å². The lowest BCUT2D eigenvalue weighted by molar-refractivity contribution is -0.122. The highest BCUT2D eigenvalue weighted by atomic mass is 16.2. The molecule has 0 saturated carbocycles. The third kappa shape index (κ3) is 2.84. The molecular formula is C7H10N6O. The molecule has 0 aliphatic rings. The van der Waals surface area contributed by atoms with Gasteiger partial charge in [0.05, 0.1) is 12.6 Å². The van der Waals surface area contributed by atoms with Crippen LogP contribution in [0.3, 0.4) is 0 Å². The van der Waals surface area contributed by atoms with Gasteiger partial charge in [-0.1, -0.05) is 5.21 Å². The van der Waals surface area contributed by atoms with E-state index < -0.39 is 6.04 Å². The molecule has 1 amide bonds. The third-order valence-corrected chi connectivity index (χ3v) is 1.48. The van der Waals surface area contributed by atoms with Crippen molar-refractivity contribution in [2.75, 3.05) is 0 Å². The van der Waals surface area contributed by atoms with Gasteiger partial charge in [-0.3, -0.25) is 4.79 Å². The minimum absolute atomic E-state index is 0.188. The van der Waals surface area contributed by atoms with Crippen LogP contribution in [0, 0.1) is 12.3 Å². The number of nitrogens with two attached hydrogens (primary N) is 1. The molecule has 0 aromatic carbocycles.